The van der Waals surface area contributed by atoms with Crippen molar-refractivity contribution in [2.75, 3.05) is 9.62 Å². The van der Waals surface area contributed by atoms with Crippen molar-refractivity contribution < 1.29 is 22.9 Å². The summed E-state index contributed by atoms with van der Waals surface area (Å²) in [5.41, 5.74) is -1.24. The van der Waals surface area contributed by atoms with Gasteiger partial charge < -0.3 is 5.32 Å². The predicted molar refractivity (Wildman–Crippen MR) is 178 cm³/mol. The standard InChI is InChI=1S/C34H34BrN3O6S/c1-32(2,3)25-19-34(20-26(30(25)40)33(4,5)6)31(29(39)21-11-13-22(35)14-12-21)37(28-10-8-7-9-27(28)36-34)45(43,44)24-17-15-23(16-18-24)38(41)42/h7-20,31,36H,1-6H3/t31-/m1/s1. The number of non-ortho nitro benzene ring substituents is 1. The molecule has 9 nitrogen and oxygen atoms in total. The van der Waals surface area contributed by atoms with Gasteiger partial charge in [-0.15, -0.1) is 0 Å². The Morgan fingerprint density at radius 2 is 1.42 bits per heavy atom. The minimum absolute atomic E-state index is 0.166. The number of nitro benzene ring substituents is 1. The number of nitrogens with zero attached hydrogens (tertiary/aromatic N) is 2. The number of anilines is 2. The predicted octanol–water partition coefficient (Wildman–Crippen LogP) is 7.50. The minimum Gasteiger partial charge on any atom is -0.369 e. The molecular formula is C34H34BrN3O6S. The number of allylic oxidation sites excluding steroid dienone is 2. The fraction of sp³-hybridized carbons (Fsp3) is 0.294. The molecule has 1 heterocycles. The van der Waals surface area contributed by atoms with Gasteiger partial charge in [-0.25, -0.2) is 8.42 Å². The van der Waals surface area contributed by atoms with E-state index in [2.05, 4.69) is 21.2 Å². The van der Waals surface area contributed by atoms with E-state index in [0.717, 1.165) is 20.9 Å². The molecule has 3 aromatic rings. The van der Waals surface area contributed by atoms with Crippen molar-refractivity contribution in [3.8, 4) is 0 Å². The van der Waals surface area contributed by atoms with Crippen LogP contribution in [0.2, 0.25) is 0 Å². The van der Waals surface area contributed by atoms with Gasteiger partial charge in [0.05, 0.1) is 21.2 Å². The second kappa shape index (κ2) is 11.1. The average molecular weight is 693 g/mol. The Hall–Kier alpha value is -4.09. The number of sulfonamides is 1. The third-order valence-electron chi connectivity index (χ3n) is 8.03. The lowest BCUT2D eigenvalue weighted by Gasteiger charge is -2.50. The molecular weight excluding hydrogens is 658 g/mol. The summed E-state index contributed by atoms with van der Waals surface area (Å²) in [4.78, 5) is 39.4. The molecule has 0 radical (unpaired) electrons. The summed E-state index contributed by atoms with van der Waals surface area (Å²) < 4.78 is 31.3. The summed E-state index contributed by atoms with van der Waals surface area (Å²) >= 11 is 3.40. The number of carbonyl (C=O) groups is 2. The number of rotatable bonds is 5. The van der Waals surface area contributed by atoms with Gasteiger partial charge >= 0.3 is 0 Å². The molecule has 0 fully saturated rings. The van der Waals surface area contributed by atoms with Gasteiger partial charge in [0.1, 0.15) is 11.6 Å². The van der Waals surface area contributed by atoms with Crippen LogP contribution in [-0.2, 0) is 14.8 Å². The first-order valence-corrected chi connectivity index (χ1v) is 16.6. The topological polar surface area (TPSA) is 127 Å². The van der Waals surface area contributed by atoms with Crippen molar-refractivity contribution in [2.24, 2.45) is 10.8 Å². The van der Waals surface area contributed by atoms with E-state index in [4.69, 9.17) is 0 Å². The second-order valence-electron chi connectivity index (χ2n) is 13.3. The molecule has 1 atom stereocenters. The largest absolute Gasteiger partial charge is 0.369 e. The summed E-state index contributed by atoms with van der Waals surface area (Å²) in [6, 6.07) is 16.6. The molecule has 11 heteroatoms. The maximum atomic E-state index is 14.8. The van der Waals surface area contributed by atoms with Crippen LogP contribution >= 0.6 is 15.9 Å². The summed E-state index contributed by atoms with van der Waals surface area (Å²) in [5.74, 6) is -0.667. The number of benzene rings is 3. The zero-order valence-electron chi connectivity index (χ0n) is 25.8. The van der Waals surface area contributed by atoms with Gasteiger partial charge in [0.25, 0.3) is 15.7 Å². The first kappa shape index (κ1) is 32.3. The highest BCUT2D eigenvalue weighted by Crippen LogP contribution is 2.49. The Morgan fingerprint density at radius 1 is 0.889 bits per heavy atom. The highest BCUT2D eigenvalue weighted by atomic mass is 79.9. The van der Waals surface area contributed by atoms with Gasteiger partial charge in [0.2, 0.25) is 0 Å². The van der Waals surface area contributed by atoms with E-state index in [9.17, 15) is 28.1 Å². The van der Waals surface area contributed by atoms with Crippen LogP contribution in [0.3, 0.4) is 0 Å². The Kier molecular flexibility index (Phi) is 7.94. The number of para-hydroxylation sites is 2. The molecule has 1 N–H and O–H groups in total. The molecule has 0 unspecified atom stereocenters. The molecule has 0 saturated heterocycles. The monoisotopic (exact) mass is 691 g/mol. The molecule has 1 spiro atoms. The van der Waals surface area contributed by atoms with Crippen LogP contribution in [0.15, 0.2) is 105 Å². The first-order valence-electron chi connectivity index (χ1n) is 14.3. The van der Waals surface area contributed by atoms with Gasteiger partial charge in [-0.05, 0) is 59.4 Å². The molecule has 45 heavy (non-hydrogen) atoms. The Bertz CT molecular complexity index is 1850. The minimum atomic E-state index is -4.53. The van der Waals surface area contributed by atoms with Crippen LogP contribution in [0.5, 0.6) is 0 Å². The Balaban J connectivity index is 1.89. The van der Waals surface area contributed by atoms with Crippen molar-refractivity contribution in [1.82, 2.24) is 0 Å². The van der Waals surface area contributed by atoms with E-state index in [0.29, 0.717) is 16.8 Å². The molecule has 0 saturated carbocycles. The van der Waals surface area contributed by atoms with Crippen molar-refractivity contribution >= 4 is 54.6 Å². The molecule has 1 aliphatic carbocycles. The van der Waals surface area contributed by atoms with E-state index in [1.54, 1.807) is 60.7 Å². The third kappa shape index (κ3) is 5.75. The second-order valence-corrected chi connectivity index (χ2v) is 16.1. The zero-order valence-corrected chi connectivity index (χ0v) is 28.2. The molecule has 234 valence electrons. The molecule has 2 aliphatic rings. The number of halogens is 1. The van der Waals surface area contributed by atoms with Crippen molar-refractivity contribution in [1.29, 1.82) is 0 Å². The lowest BCUT2D eigenvalue weighted by molar-refractivity contribution is -0.384. The maximum Gasteiger partial charge on any atom is 0.269 e. The number of nitrogens with one attached hydrogen (secondary N) is 1. The van der Waals surface area contributed by atoms with Gasteiger partial charge in [-0.2, -0.15) is 0 Å². The van der Waals surface area contributed by atoms with Crippen LogP contribution in [0.1, 0.15) is 51.9 Å². The van der Waals surface area contributed by atoms with Crippen LogP contribution < -0.4 is 9.62 Å². The van der Waals surface area contributed by atoms with Gasteiger partial charge in [-0.1, -0.05) is 81.7 Å². The van der Waals surface area contributed by atoms with Crippen LogP contribution in [0, 0.1) is 20.9 Å². The fourth-order valence-corrected chi connectivity index (χ4v) is 7.70. The smallest absolute Gasteiger partial charge is 0.269 e. The number of Topliss-reactive ketones (excluding diaryl/α,β-unsaturated/α-hetero) is 2. The average Bonchev–Trinajstić information content (AvgIpc) is 2.96. The highest BCUT2D eigenvalue weighted by molar-refractivity contribution is 9.10. The third-order valence-corrected chi connectivity index (χ3v) is 10.4. The Morgan fingerprint density at radius 3 is 1.93 bits per heavy atom. The van der Waals surface area contributed by atoms with Crippen LogP contribution in [0.4, 0.5) is 17.1 Å². The number of hydrogen-bond donors (Lipinski definition) is 1. The van der Waals surface area contributed by atoms with E-state index in [1.807, 2.05) is 41.5 Å². The normalized spacial score (nSPS) is 18.1. The molecule has 3 aromatic carbocycles. The highest BCUT2D eigenvalue weighted by Gasteiger charge is 2.55. The zero-order chi connectivity index (χ0) is 33.1. The molecule has 1 aliphatic heterocycles. The quantitative estimate of drug-likeness (QED) is 0.167. The lowest BCUT2D eigenvalue weighted by Crippen LogP contribution is -2.65. The summed E-state index contributed by atoms with van der Waals surface area (Å²) in [7, 11) is -4.53. The van der Waals surface area contributed by atoms with E-state index in [1.165, 1.54) is 12.1 Å². The number of carbonyl (C=O) groups excluding carboxylic acids is 2. The number of ketones is 2. The van der Waals surface area contributed by atoms with Gasteiger partial charge in [-0.3, -0.25) is 24.0 Å². The molecule has 0 aromatic heterocycles. The first-order chi connectivity index (χ1) is 20.9. The molecule has 0 amide bonds. The number of fused-ring (bicyclic) bond motifs is 1. The summed E-state index contributed by atoms with van der Waals surface area (Å²) in [6.45, 7) is 11.4. The van der Waals surface area contributed by atoms with Crippen LogP contribution in [0.25, 0.3) is 0 Å². The van der Waals surface area contributed by atoms with Gasteiger partial charge in [0, 0.05) is 33.3 Å². The summed E-state index contributed by atoms with van der Waals surface area (Å²) in [5, 5.41) is 14.8. The van der Waals surface area contributed by atoms with E-state index in [-0.39, 0.29) is 27.6 Å². The van der Waals surface area contributed by atoms with E-state index >= 15 is 0 Å². The van der Waals surface area contributed by atoms with Crippen molar-refractivity contribution in [3.63, 3.8) is 0 Å². The Labute approximate surface area is 271 Å². The fourth-order valence-electron chi connectivity index (χ4n) is 5.76. The van der Waals surface area contributed by atoms with Gasteiger partial charge in [0.15, 0.2) is 11.6 Å². The maximum absolute atomic E-state index is 14.8. The molecule has 0 bridgehead atoms. The number of hydrogen-bond acceptors (Lipinski definition) is 7. The van der Waals surface area contributed by atoms with Crippen molar-refractivity contribution in [2.45, 2.75) is 58.0 Å². The van der Waals surface area contributed by atoms with Crippen LogP contribution in [-0.4, -0.2) is 36.5 Å². The lowest BCUT2D eigenvalue weighted by atomic mass is 9.66. The molecule has 5 rings (SSSR count). The number of nitro groups is 1. The van der Waals surface area contributed by atoms with E-state index < -0.39 is 43.1 Å². The summed E-state index contributed by atoms with van der Waals surface area (Å²) in [6.07, 6.45) is 3.42. The van der Waals surface area contributed by atoms with Crippen molar-refractivity contribution in [3.05, 3.63) is 116 Å². The SMILES string of the molecule is CC(C)(C)C1=CC2(C=C(C(C)(C)C)C1=O)Nc1ccccc1N(S(=O)(=O)c1ccc([N+](=O)[O-])cc1)[C@@H]2C(=O)c1ccc(Br)cc1.